The minimum atomic E-state index is -0.405. The number of methoxy groups -OCH3 is 1. The molecule has 0 aliphatic heterocycles. The Hall–Kier alpha value is -1.60. The Morgan fingerprint density at radius 3 is 2.65 bits per heavy atom. The number of hydrazine groups is 1. The second kappa shape index (κ2) is 8.55. The number of carbonyl (C=O) groups is 2. The fraction of sp³-hybridized carbons (Fsp3) is 0.385. The Labute approximate surface area is 125 Å². The summed E-state index contributed by atoms with van der Waals surface area (Å²) in [5.74, 6) is -0.0835. The number of halogens is 1. The summed E-state index contributed by atoms with van der Waals surface area (Å²) in [7, 11) is 1.54. The molecule has 0 bridgehead atoms. The monoisotopic (exact) mass is 344 g/mol. The van der Waals surface area contributed by atoms with Crippen molar-refractivity contribution < 1.29 is 19.1 Å². The predicted octanol–water partition coefficient (Wildman–Crippen LogP) is 1.65. The molecule has 0 saturated carbocycles. The summed E-state index contributed by atoms with van der Waals surface area (Å²) in [6.45, 7) is 2.73. The molecule has 0 saturated heterocycles. The maximum absolute atomic E-state index is 11.8. The van der Waals surface area contributed by atoms with Gasteiger partial charge in [0.05, 0.1) is 24.6 Å². The third-order valence-corrected chi connectivity index (χ3v) is 3.03. The number of amides is 2. The topological polar surface area (TPSA) is 76.7 Å². The van der Waals surface area contributed by atoms with Gasteiger partial charge in [-0.3, -0.25) is 20.4 Å². The lowest BCUT2D eigenvalue weighted by Crippen LogP contribution is -2.41. The second-order valence-corrected chi connectivity index (χ2v) is 4.65. The quantitative estimate of drug-likeness (QED) is 0.607. The normalized spacial score (nSPS) is 9.95. The van der Waals surface area contributed by atoms with E-state index >= 15 is 0 Å². The van der Waals surface area contributed by atoms with Gasteiger partial charge in [0, 0.05) is 12.2 Å². The van der Waals surface area contributed by atoms with Gasteiger partial charge in [-0.2, -0.15) is 0 Å². The minimum absolute atomic E-state index is 0.195. The first-order valence-electron chi connectivity index (χ1n) is 6.09. The van der Waals surface area contributed by atoms with Crippen LogP contribution in [0.3, 0.4) is 0 Å². The molecule has 1 rings (SSSR count). The van der Waals surface area contributed by atoms with E-state index in [1.54, 1.807) is 25.3 Å². The van der Waals surface area contributed by atoms with Gasteiger partial charge in [0.1, 0.15) is 5.75 Å². The van der Waals surface area contributed by atoms with Crippen LogP contribution < -0.4 is 15.6 Å². The van der Waals surface area contributed by atoms with E-state index in [1.165, 1.54) is 0 Å². The lowest BCUT2D eigenvalue weighted by molar-refractivity contribution is -0.122. The molecule has 6 nitrogen and oxygen atoms in total. The fourth-order valence-corrected chi connectivity index (χ4v) is 1.92. The summed E-state index contributed by atoms with van der Waals surface area (Å²) in [5, 5.41) is 0. The van der Waals surface area contributed by atoms with Gasteiger partial charge in [0.15, 0.2) is 0 Å². The zero-order valence-corrected chi connectivity index (χ0v) is 13.0. The van der Waals surface area contributed by atoms with E-state index in [4.69, 9.17) is 9.47 Å². The predicted molar refractivity (Wildman–Crippen MR) is 77.4 cm³/mol. The number of benzene rings is 1. The van der Waals surface area contributed by atoms with Gasteiger partial charge < -0.3 is 9.47 Å². The second-order valence-electron chi connectivity index (χ2n) is 3.80. The van der Waals surface area contributed by atoms with Crippen molar-refractivity contribution in [3.05, 3.63) is 28.2 Å². The molecule has 2 N–H and O–H groups in total. The van der Waals surface area contributed by atoms with Crippen molar-refractivity contribution in [3.8, 4) is 5.75 Å². The Morgan fingerprint density at radius 2 is 2.05 bits per heavy atom. The van der Waals surface area contributed by atoms with E-state index in [1.807, 2.05) is 6.92 Å². The first-order chi connectivity index (χ1) is 9.58. The van der Waals surface area contributed by atoms with E-state index in [0.29, 0.717) is 29.0 Å². The highest BCUT2D eigenvalue weighted by molar-refractivity contribution is 9.10. The largest absolute Gasteiger partial charge is 0.496 e. The molecule has 0 spiro atoms. The van der Waals surface area contributed by atoms with Crippen LogP contribution >= 0.6 is 15.9 Å². The van der Waals surface area contributed by atoms with Crippen LogP contribution in [-0.2, 0) is 9.53 Å². The molecule has 0 heterocycles. The summed E-state index contributed by atoms with van der Waals surface area (Å²) in [5.41, 5.74) is 5.06. The highest BCUT2D eigenvalue weighted by atomic mass is 79.9. The van der Waals surface area contributed by atoms with Crippen LogP contribution in [0.2, 0.25) is 0 Å². The van der Waals surface area contributed by atoms with Gasteiger partial charge in [-0.25, -0.2) is 0 Å². The van der Waals surface area contributed by atoms with Crippen LogP contribution in [0.4, 0.5) is 0 Å². The summed E-state index contributed by atoms with van der Waals surface area (Å²) in [6, 6.07) is 4.88. The lowest BCUT2D eigenvalue weighted by Gasteiger charge is -2.09. The highest BCUT2D eigenvalue weighted by Crippen LogP contribution is 2.25. The van der Waals surface area contributed by atoms with Gasteiger partial charge >= 0.3 is 0 Å². The molecular weight excluding hydrogens is 328 g/mol. The summed E-state index contributed by atoms with van der Waals surface area (Å²) >= 11 is 3.29. The Kier molecular flexibility index (Phi) is 7.03. The minimum Gasteiger partial charge on any atom is -0.496 e. The number of nitrogens with one attached hydrogen (secondary N) is 2. The standard InChI is InChI=1S/C13H17BrN2O4/c1-3-20-7-6-12(17)15-16-13(18)9-4-5-11(19-2)10(14)8-9/h4-5,8H,3,6-7H2,1-2H3,(H,15,17)(H,16,18). The summed E-state index contributed by atoms with van der Waals surface area (Å²) < 4.78 is 10.8. The molecule has 0 radical (unpaired) electrons. The first kappa shape index (κ1) is 16.5. The number of rotatable bonds is 6. The smallest absolute Gasteiger partial charge is 0.269 e. The molecule has 0 atom stereocenters. The fourth-order valence-electron chi connectivity index (χ4n) is 1.38. The van der Waals surface area contributed by atoms with Crippen molar-refractivity contribution >= 4 is 27.7 Å². The zero-order chi connectivity index (χ0) is 15.0. The van der Waals surface area contributed by atoms with Crippen LogP contribution in [0, 0.1) is 0 Å². The molecule has 2 amide bonds. The molecule has 0 aliphatic rings. The van der Waals surface area contributed by atoms with Crippen molar-refractivity contribution in [2.24, 2.45) is 0 Å². The third kappa shape index (κ3) is 5.18. The lowest BCUT2D eigenvalue weighted by atomic mass is 10.2. The van der Waals surface area contributed by atoms with Crippen LogP contribution in [0.25, 0.3) is 0 Å². The average Bonchev–Trinajstić information content (AvgIpc) is 2.45. The van der Waals surface area contributed by atoms with E-state index in [9.17, 15) is 9.59 Å². The van der Waals surface area contributed by atoms with Gasteiger partial charge in [-0.15, -0.1) is 0 Å². The number of hydrogen-bond acceptors (Lipinski definition) is 4. The molecule has 0 fully saturated rings. The van der Waals surface area contributed by atoms with Crippen molar-refractivity contribution in [1.29, 1.82) is 0 Å². The van der Waals surface area contributed by atoms with Crippen molar-refractivity contribution in [2.45, 2.75) is 13.3 Å². The average molecular weight is 345 g/mol. The molecule has 20 heavy (non-hydrogen) atoms. The third-order valence-electron chi connectivity index (χ3n) is 2.41. The Morgan fingerprint density at radius 1 is 1.30 bits per heavy atom. The van der Waals surface area contributed by atoms with Gasteiger partial charge in [-0.05, 0) is 41.1 Å². The van der Waals surface area contributed by atoms with E-state index in [0.717, 1.165) is 0 Å². The molecule has 110 valence electrons. The molecule has 0 unspecified atom stereocenters. The van der Waals surface area contributed by atoms with Crippen molar-refractivity contribution in [1.82, 2.24) is 10.9 Å². The van der Waals surface area contributed by atoms with E-state index < -0.39 is 5.91 Å². The van der Waals surface area contributed by atoms with Gasteiger partial charge in [-0.1, -0.05) is 0 Å². The maximum atomic E-state index is 11.8. The van der Waals surface area contributed by atoms with Crippen LogP contribution in [0.1, 0.15) is 23.7 Å². The zero-order valence-electron chi connectivity index (χ0n) is 11.4. The number of ether oxygens (including phenoxy) is 2. The summed E-state index contributed by atoms with van der Waals surface area (Å²) in [6.07, 6.45) is 0.195. The Balaban J connectivity index is 2.46. The maximum Gasteiger partial charge on any atom is 0.269 e. The van der Waals surface area contributed by atoms with Crippen LogP contribution in [0.15, 0.2) is 22.7 Å². The SMILES string of the molecule is CCOCCC(=O)NNC(=O)c1ccc(OC)c(Br)c1. The summed E-state index contributed by atoms with van der Waals surface area (Å²) in [4.78, 5) is 23.2. The van der Waals surface area contributed by atoms with E-state index in [2.05, 4.69) is 26.8 Å². The molecular formula is C13H17BrN2O4. The molecule has 1 aromatic rings. The van der Waals surface area contributed by atoms with Gasteiger partial charge in [0.2, 0.25) is 5.91 Å². The van der Waals surface area contributed by atoms with Crippen molar-refractivity contribution in [2.75, 3.05) is 20.3 Å². The molecule has 1 aromatic carbocycles. The van der Waals surface area contributed by atoms with Gasteiger partial charge in [0.25, 0.3) is 5.91 Å². The number of hydrogen-bond donors (Lipinski definition) is 2. The molecule has 0 aromatic heterocycles. The van der Waals surface area contributed by atoms with Crippen LogP contribution in [-0.4, -0.2) is 32.1 Å². The van der Waals surface area contributed by atoms with Crippen molar-refractivity contribution in [3.63, 3.8) is 0 Å². The Bertz CT molecular complexity index is 479. The number of carbonyl (C=O) groups excluding carboxylic acids is 2. The highest BCUT2D eigenvalue weighted by Gasteiger charge is 2.09. The first-order valence-corrected chi connectivity index (χ1v) is 6.88. The van der Waals surface area contributed by atoms with E-state index in [-0.39, 0.29) is 12.3 Å². The van der Waals surface area contributed by atoms with Crippen LogP contribution in [0.5, 0.6) is 5.75 Å². The molecule has 0 aliphatic carbocycles. The molecule has 7 heteroatoms.